The highest BCUT2D eigenvalue weighted by Gasteiger charge is 2.26. The molecule has 1 aromatic carbocycles. The molecule has 0 unspecified atom stereocenters. The van der Waals surface area contributed by atoms with Crippen molar-refractivity contribution in [3.8, 4) is 5.69 Å². The van der Waals surface area contributed by atoms with E-state index >= 15 is 0 Å². The van der Waals surface area contributed by atoms with Crippen LogP contribution in [0.1, 0.15) is 34.8 Å². The minimum Gasteiger partial charge on any atom is -0.298 e. The van der Waals surface area contributed by atoms with Gasteiger partial charge in [0.05, 0.1) is 11.4 Å². The molecule has 4 rings (SSSR count). The topological polar surface area (TPSA) is 72.7 Å². The molecule has 3 aromatic rings. The molecule has 2 aromatic heterocycles. The number of thiazole rings is 1. The van der Waals surface area contributed by atoms with Crippen molar-refractivity contribution in [2.45, 2.75) is 18.8 Å². The lowest BCUT2D eigenvalue weighted by molar-refractivity contribution is 0.102. The summed E-state index contributed by atoms with van der Waals surface area (Å²) < 4.78 is 1.64. The van der Waals surface area contributed by atoms with Gasteiger partial charge in [-0.3, -0.25) is 10.1 Å². The summed E-state index contributed by atoms with van der Waals surface area (Å²) in [6.45, 7) is 0. The Morgan fingerprint density at radius 3 is 2.77 bits per heavy atom. The van der Waals surface area contributed by atoms with Crippen LogP contribution in [0.2, 0.25) is 0 Å². The fourth-order valence-electron chi connectivity index (χ4n) is 2.19. The van der Waals surface area contributed by atoms with Gasteiger partial charge in [-0.15, -0.1) is 11.3 Å². The van der Waals surface area contributed by atoms with Gasteiger partial charge < -0.3 is 0 Å². The molecule has 1 aliphatic carbocycles. The average Bonchev–Trinajstić information content (AvgIpc) is 3.06. The van der Waals surface area contributed by atoms with E-state index in [2.05, 4.69) is 20.4 Å². The van der Waals surface area contributed by atoms with Crippen molar-refractivity contribution in [2.24, 2.45) is 0 Å². The molecule has 1 N–H and O–H groups in total. The molecule has 0 bridgehead atoms. The highest BCUT2D eigenvalue weighted by Crippen LogP contribution is 2.40. The van der Waals surface area contributed by atoms with E-state index in [1.165, 1.54) is 30.5 Å². The first-order chi connectivity index (χ1) is 10.8. The van der Waals surface area contributed by atoms with Crippen molar-refractivity contribution < 1.29 is 4.79 Å². The van der Waals surface area contributed by atoms with Gasteiger partial charge in [0.1, 0.15) is 12.7 Å². The molecule has 22 heavy (non-hydrogen) atoms. The second-order valence-electron chi connectivity index (χ2n) is 5.19. The Bertz CT molecular complexity index is 790. The molecule has 0 aliphatic heterocycles. The predicted octanol–water partition coefficient (Wildman–Crippen LogP) is 2.85. The zero-order chi connectivity index (χ0) is 14.9. The number of nitrogens with zero attached hydrogens (tertiary/aromatic N) is 4. The van der Waals surface area contributed by atoms with Crippen LogP contribution in [0, 0.1) is 0 Å². The normalized spacial score (nSPS) is 14.0. The number of carbonyl (C=O) groups is 1. The van der Waals surface area contributed by atoms with E-state index in [9.17, 15) is 4.79 Å². The second kappa shape index (κ2) is 5.34. The minimum absolute atomic E-state index is 0.151. The number of carbonyl (C=O) groups excluding carboxylic acids is 1. The first-order valence-corrected chi connectivity index (χ1v) is 7.89. The van der Waals surface area contributed by atoms with Crippen molar-refractivity contribution in [1.82, 2.24) is 19.7 Å². The highest BCUT2D eigenvalue weighted by molar-refractivity contribution is 7.14. The number of nitrogens with one attached hydrogen (secondary N) is 1. The summed E-state index contributed by atoms with van der Waals surface area (Å²) in [6.07, 6.45) is 5.51. The van der Waals surface area contributed by atoms with Crippen LogP contribution in [0.3, 0.4) is 0 Å². The van der Waals surface area contributed by atoms with Gasteiger partial charge in [0.15, 0.2) is 5.13 Å². The van der Waals surface area contributed by atoms with Gasteiger partial charge in [-0.05, 0) is 37.1 Å². The van der Waals surface area contributed by atoms with Crippen molar-refractivity contribution >= 4 is 22.4 Å². The number of rotatable bonds is 4. The fourth-order valence-corrected chi connectivity index (χ4v) is 2.97. The van der Waals surface area contributed by atoms with Gasteiger partial charge in [0, 0.05) is 16.9 Å². The van der Waals surface area contributed by atoms with Crippen LogP contribution in [0.15, 0.2) is 42.3 Å². The van der Waals surface area contributed by atoms with E-state index in [0.717, 1.165) is 11.4 Å². The van der Waals surface area contributed by atoms with E-state index in [4.69, 9.17) is 0 Å². The molecule has 0 spiro atoms. The van der Waals surface area contributed by atoms with Crippen molar-refractivity contribution in [3.05, 3.63) is 53.6 Å². The summed E-state index contributed by atoms with van der Waals surface area (Å²) in [6, 6.07) is 7.20. The van der Waals surface area contributed by atoms with Gasteiger partial charge in [-0.25, -0.2) is 14.6 Å². The van der Waals surface area contributed by atoms with E-state index in [1.54, 1.807) is 23.1 Å². The van der Waals surface area contributed by atoms with Crippen molar-refractivity contribution in [3.63, 3.8) is 0 Å². The van der Waals surface area contributed by atoms with Crippen LogP contribution in [-0.2, 0) is 0 Å². The average molecular weight is 311 g/mol. The Morgan fingerprint density at radius 1 is 1.27 bits per heavy atom. The van der Waals surface area contributed by atoms with Crippen LogP contribution in [0.25, 0.3) is 5.69 Å². The minimum atomic E-state index is -0.151. The smallest absolute Gasteiger partial charge is 0.257 e. The molecule has 0 saturated heterocycles. The molecule has 6 nitrogen and oxygen atoms in total. The Hall–Kier alpha value is -2.54. The van der Waals surface area contributed by atoms with Crippen LogP contribution >= 0.6 is 11.3 Å². The third-order valence-electron chi connectivity index (χ3n) is 3.55. The summed E-state index contributed by atoms with van der Waals surface area (Å²) in [5.74, 6) is 0.450. The quantitative estimate of drug-likeness (QED) is 0.804. The van der Waals surface area contributed by atoms with E-state index in [1.807, 2.05) is 17.5 Å². The Labute approximate surface area is 130 Å². The summed E-state index contributed by atoms with van der Waals surface area (Å²) >= 11 is 1.48. The Balaban J connectivity index is 1.47. The Kier molecular flexibility index (Phi) is 3.19. The van der Waals surface area contributed by atoms with E-state index in [-0.39, 0.29) is 5.91 Å². The summed E-state index contributed by atoms with van der Waals surface area (Å²) in [7, 11) is 0. The number of amides is 1. The second-order valence-corrected chi connectivity index (χ2v) is 6.05. The SMILES string of the molecule is O=C(Nc1nc(C2CC2)cs1)c1ccc(-n2cncn2)cc1. The number of hydrogen-bond donors (Lipinski definition) is 1. The van der Waals surface area contributed by atoms with Gasteiger partial charge in [0.2, 0.25) is 0 Å². The van der Waals surface area contributed by atoms with Crippen LogP contribution < -0.4 is 5.32 Å². The molecular formula is C15H13N5OS. The summed E-state index contributed by atoms with van der Waals surface area (Å²) in [5.41, 5.74) is 2.55. The molecule has 1 saturated carbocycles. The fraction of sp³-hybridized carbons (Fsp3) is 0.200. The van der Waals surface area contributed by atoms with Crippen molar-refractivity contribution in [1.29, 1.82) is 0 Å². The molecule has 1 amide bonds. The Morgan fingerprint density at radius 2 is 2.09 bits per heavy atom. The van der Waals surface area contributed by atoms with Gasteiger partial charge in [-0.1, -0.05) is 0 Å². The monoisotopic (exact) mass is 311 g/mol. The van der Waals surface area contributed by atoms with Crippen LogP contribution in [0.5, 0.6) is 0 Å². The summed E-state index contributed by atoms with van der Waals surface area (Å²) in [4.78, 5) is 20.6. The predicted molar refractivity (Wildman–Crippen MR) is 83.4 cm³/mol. The zero-order valence-electron chi connectivity index (χ0n) is 11.6. The largest absolute Gasteiger partial charge is 0.298 e. The first kappa shape index (κ1) is 13.1. The third kappa shape index (κ3) is 2.62. The van der Waals surface area contributed by atoms with Crippen LogP contribution in [0.4, 0.5) is 5.13 Å². The van der Waals surface area contributed by atoms with Crippen LogP contribution in [-0.4, -0.2) is 25.7 Å². The number of hydrogen-bond acceptors (Lipinski definition) is 5. The summed E-state index contributed by atoms with van der Waals surface area (Å²) in [5, 5.41) is 9.59. The maximum Gasteiger partial charge on any atom is 0.257 e. The number of aromatic nitrogens is 4. The first-order valence-electron chi connectivity index (χ1n) is 7.01. The lowest BCUT2D eigenvalue weighted by Gasteiger charge is -2.04. The maximum absolute atomic E-state index is 12.2. The van der Waals surface area contributed by atoms with Gasteiger partial charge >= 0.3 is 0 Å². The highest BCUT2D eigenvalue weighted by atomic mass is 32.1. The lowest BCUT2D eigenvalue weighted by atomic mass is 10.2. The van der Waals surface area contributed by atoms with Gasteiger partial charge in [-0.2, -0.15) is 5.10 Å². The van der Waals surface area contributed by atoms with Gasteiger partial charge in [0.25, 0.3) is 5.91 Å². The molecule has 1 aliphatic rings. The van der Waals surface area contributed by atoms with E-state index in [0.29, 0.717) is 16.6 Å². The lowest BCUT2D eigenvalue weighted by Crippen LogP contribution is -2.11. The maximum atomic E-state index is 12.2. The molecular weight excluding hydrogens is 298 g/mol. The van der Waals surface area contributed by atoms with Crippen molar-refractivity contribution in [2.75, 3.05) is 5.32 Å². The molecule has 0 radical (unpaired) electrons. The number of anilines is 1. The zero-order valence-corrected chi connectivity index (χ0v) is 12.5. The molecule has 2 heterocycles. The number of benzene rings is 1. The molecule has 0 atom stereocenters. The molecule has 7 heteroatoms. The van der Waals surface area contributed by atoms with E-state index < -0.39 is 0 Å². The third-order valence-corrected chi connectivity index (χ3v) is 4.33. The molecule has 1 fully saturated rings. The standard InChI is InChI=1S/C15H13N5OS/c21-14(19-15-18-13(7-22-15)10-1-2-10)11-3-5-12(6-4-11)20-9-16-8-17-20/h3-10H,1-2H2,(H,18,19,21). The molecule has 110 valence electrons.